The molecule has 8 heteroatoms. The number of hydrogen-bond acceptors (Lipinski definition) is 4. The molecule has 0 atom stereocenters. The van der Waals surface area contributed by atoms with E-state index in [-0.39, 0.29) is 16.6 Å². The summed E-state index contributed by atoms with van der Waals surface area (Å²) in [5, 5.41) is 12.2. The molecule has 1 aliphatic heterocycles. The molecule has 20 heavy (non-hydrogen) atoms. The second-order valence-corrected chi connectivity index (χ2v) is 6.98. The van der Waals surface area contributed by atoms with Crippen molar-refractivity contribution in [2.24, 2.45) is 7.05 Å². The molecule has 7 nitrogen and oxygen atoms in total. The molecule has 1 fully saturated rings. The first-order chi connectivity index (χ1) is 9.34. The van der Waals surface area contributed by atoms with Crippen LogP contribution in [-0.2, 0) is 17.1 Å². The van der Waals surface area contributed by atoms with Gasteiger partial charge in [-0.2, -0.15) is 4.31 Å². The summed E-state index contributed by atoms with van der Waals surface area (Å²) in [5.74, 6) is -1.14. The molecule has 0 unspecified atom stereocenters. The maximum atomic E-state index is 12.5. The lowest BCUT2D eigenvalue weighted by Crippen LogP contribution is -2.43. The molecular formula is C12H19N3O4S. The van der Waals surface area contributed by atoms with Gasteiger partial charge in [0.05, 0.1) is 0 Å². The minimum Gasteiger partial charge on any atom is -0.477 e. The van der Waals surface area contributed by atoms with Crippen molar-refractivity contribution in [3.63, 3.8) is 0 Å². The van der Waals surface area contributed by atoms with Crippen LogP contribution in [0.5, 0.6) is 0 Å². The molecule has 2 N–H and O–H groups in total. The quantitative estimate of drug-likeness (QED) is 0.823. The molecular weight excluding hydrogens is 282 g/mol. The summed E-state index contributed by atoms with van der Waals surface area (Å²) in [4.78, 5) is 11.0. The van der Waals surface area contributed by atoms with Crippen molar-refractivity contribution in [2.45, 2.75) is 23.8 Å². The molecule has 0 saturated carbocycles. The van der Waals surface area contributed by atoms with E-state index in [1.54, 1.807) is 7.05 Å². The molecule has 0 radical (unpaired) electrons. The van der Waals surface area contributed by atoms with Crippen LogP contribution in [0.2, 0.25) is 0 Å². The average Bonchev–Trinajstić information content (AvgIpc) is 2.82. The van der Waals surface area contributed by atoms with E-state index in [9.17, 15) is 13.2 Å². The number of piperidine rings is 1. The van der Waals surface area contributed by atoms with Gasteiger partial charge in [0.25, 0.3) is 0 Å². The number of carboxylic acids is 1. The summed E-state index contributed by atoms with van der Waals surface area (Å²) in [6, 6.07) is 1.16. The molecule has 2 heterocycles. The Kier molecular flexibility index (Phi) is 4.17. The number of nitrogens with zero attached hydrogens (tertiary/aromatic N) is 2. The van der Waals surface area contributed by atoms with Crippen molar-refractivity contribution < 1.29 is 18.3 Å². The minimum atomic E-state index is -3.65. The molecule has 1 saturated heterocycles. The highest BCUT2D eigenvalue weighted by atomic mass is 32.2. The maximum absolute atomic E-state index is 12.5. The lowest BCUT2D eigenvalue weighted by Gasteiger charge is -2.30. The summed E-state index contributed by atoms with van der Waals surface area (Å²) < 4.78 is 27.7. The van der Waals surface area contributed by atoms with Gasteiger partial charge in [0.15, 0.2) is 0 Å². The zero-order chi connectivity index (χ0) is 14.9. The van der Waals surface area contributed by atoms with Crippen LogP contribution in [0.4, 0.5) is 0 Å². The normalized spacial score (nSPS) is 17.6. The van der Waals surface area contributed by atoms with Gasteiger partial charge in [-0.3, -0.25) is 0 Å². The van der Waals surface area contributed by atoms with Crippen LogP contribution in [-0.4, -0.2) is 54.5 Å². The molecule has 2 rings (SSSR count). The van der Waals surface area contributed by atoms with Crippen LogP contribution in [0, 0.1) is 0 Å². The van der Waals surface area contributed by atoms with Gasteiger partial charge in [-0.15, -0.1) is 0 Å². The molecule has 0 spiro atoms. The Morgan fingerprint density at radius 2 is 2.05 bits per heavy atom. The highest BCUT2D eigenvalue weighted by Gasteiger charge is 2.30. The third kappa shape index (κ3) is 2.72. The fraction of sp³-hybridized carbons (Fsp3) is 0.583. The summed E-state index contributed by atoms with van der Waals surface area (Å²) in [5.41, 5.74) is -0.0396. The first-order valence-electron chi connectivity index (χ1n) is 6.42. The summed E-state index contributed by atoms with van der Waals surface area (Å²) in [6.07, 6.45) is 2.86. The van der Waals surface area contributed by atoms with Crippen LogP contribution in [0.3, 0.4) is 0 Å². The first kappa shape index (κ1) is 15.0. The Morgan fingerprint density at radius 1 is 1.45 bits per heavy atom. The van der Waals surface area contributed by atoms with Crippen molar-refractivity contribution in [2.75, 3.05) is 20.1 Å². The number of hydrogen-bond donors (Lipinski definition) is 2. The predicted octanol–water partition coefficient (Wildman–Crippen LogP) is 0.0958. The molecule has 0 bridgehead atoms. The van der Waals surface area contributed by atoms with E-state index in [2.05, 4.69) is 5.32 Å². The number of aromatic nitrogens is 1. The average molecular weight is 301 g/mol. The fourth-order valence-electron chi connectivity index (χ4n) is 2.42. The molecule has 1 aromatic heterocycles. The Morgan fingerprint density at radius 3 is 2.55 bits per heavy atom. The van der Waals surface area contributed by atoms with E-state index >= 15 is 0 Å². The van der Waals surface area contributed by atoms with Crippen molar-refractivity contribution >= 4 is 16.0 Å². The Bertz CT molecular complexity index is 602. The second kappa shape index (κ2) is 5.55. The zero-order valence-corrected chi connectivity index (χ0v) is 12.4. The van der Waals surface area contributed by atoms with Gasteiger partial charge in [-0.25, -0.2) is 13.2 Å². The van der Waals surface area contributed by atoms with Gasteiger partial charge in [0.1, 0.15) is 10.6 Å². The third-order valence-corrected chi connectivity index (χ3v) is 5.57. The first-order valence-corrected chi connectivity index (χ1v) is 7.86. The van der Waals surface area contributed by atoms with E-state index in [0.29, 0.717) is 0 Å². The number of sulfonamides is 1. The SMILES string of the molecule is CN(C1CCNCC1)S(=O)(=O)c1cc(C(=O)O)n(C)c1. The number of rotatable bonds is 4. The number of aryl methyl sites for hydroxylation is 1. The standard InChI is InChI=1S/C12H19N3O4S/c1-14-8-10(7-11(14)12(16)17)20(18,19)15(2)9-3-5-13-6-4-9/h7-9,13H,3-6H2,1-2H3,(H,16,17). The summed E-state index contributed by atoms with van der Waals surface area (Å²) in [7, 11) is -0.577. The molecule has 0 amide bonds. The van der Waals surface area contributed by atoms with Crippen molar-refractivity contribution in [1.82, 2.24) is 14.2 Å². The smallest absolute Gasteiger partial charge is 0.352 e. The Hall–Kier alpha value is -1.38. The van der Waals surface area contributed by atoms with E-state index in [4.69, 9.17) is 5.11 Å². The van der Waals surface area contributed by atoms with Gasteiger partial charge >= 0.3 is 5.97 Å². The minimum absolute atomic E-state index is 0.0263. The van der Waals surface area contributed by atoms with Crippen molar-refractivity contribution in [3.05, 3.63) is 18.0 Å². The van der Waals surface area contributed by atoms with E-state index in [0.717, 1.165) is 25.9 Å². The Balaban J connectivity index is 2.29. The van der Waals surface area contributed by atoms with Crippen molar-refractivity contribution in [1.29, 1.82) is 0 Å². The lowest BCUT2D eigenvalue weighted by atomic mass is 10.1. The number of aromatic carboxylic acids is 1. The van der Waals surface area contributed by atoms with Crippen LogP contribution in [0.25, 0.3) is 0 Å². The van der Waals surface area contributed by atoms with Gasteiger partial charge < -0.3 is 15.0 Å². The van der Waals surface area contributed by atoms with Gasteiger partial charge in [-0.05, 0) is 32.0 Å². The summed E-state index contributed by atoms with van der Waals surface area (Å²) >= 11 is 0. The van der Waals surface area contributed by atoms with Crippen LogP contribution < -0.4 is 5.32 Å². The van der Waals surface area contributed by atoms with Gasteiger partial charge in [0, 0.05) is 26.3 Å². The number of carbonyl (C=O) groups is 1. The predicted molar refractivity (Wildman–Crippen MR) is 73.2 cm³/mol. The highest BCUT2D eigenvalue weighted by Crippen LogP contribution is 2.22. The zero-order valence-electron chi connectivity index (χ0n) is 11.5. The van der Waals surface area contributed by atoms with E-state index in [1.807, 2.05) is 0 Å². The molecule has 0 aromatic carbocycles. The lowest BCUT2D eigenvalue weighted by molar-refractivity contribution is 0.0686. The van der Waals surface area contributed by atoms with Crippen LogP contribution >= 0.6 is 0 Å². The monoisotopic (exact) mass is 301 g/mol. The highest BCUT2D eigenvalue weighted by molar-refractivity contribution is 7.89. The van der Waals surface area contributed by atoms with Gasteiger partial charge in [-0.1, -0.05) is 0 Å². The molecule has 1 aromatic rings. The van der Waals surface area contributed by atoms with Crippen molar-refractivity contribution in [3.8, 4) is 0 Å². The Labute approximate surface area is 118 Å². The number of nitrogens with one attached hydrogen (secondary N) is 1. The maximum Gasteiger partial charge on any atom is 0.352 e. The van der Waals surface area contributed by atoms with Crippen LogP contribution in [0.1, 0.15) is 23.3 Å². The number of carboxylic acid groups (broad SMARTS) is 1. The van der Waals surface area contributed by atoms with E-state index in [1.165, 1.54) is 28.2 Å². The molecule has 0 aliphatic carbocycles. The third-order valence-electron chi connectivity index (χ3n) is 3.70. The fourth-order valence-corrected chi connectivity index (χ4v) is 3.91. The summed E-state index contributed by atoms with van der Waals surface area (Å²) in [6.45, 7) is 1.58. The molecule has 1 aliphatic rings. The van der Waals surface area contributed by atoms with Crippen LogP contribution in [0.15, 0.2) is 17.2 Å². The van der Waals surface area contributed by atoms with E-state index < -0.39 is 16.0 Å². The van der Waals surface area contributed by atoms with Gasteiger partial charge in [0.2, 0.25) is 10.0 Å². The second-order valence-electron chi connectivity index (χ2n) is 4.98. The topological polar surface area (TPSA) is 91.6 Å². The largest absolute Gasteiger partial charge is 0.477 e. The molecule has 112 valence electrons.